The quantitative estimate of drug-likeness (QED) is 0.695. The molecule has 0 saturated carbocycles. The smallest absolute Gasteiger partial charge is 0.343 e. The number of pyridine rings is 2. The van der Waals surface area contributed by atoms with E-state index in [4.69, 9.17) is 30.4 Å². The third kappa shape index (κ3) is 6.31. The van der Waals surface area contributed by atoms with Crippen LogP contribution < -0.4 is 20.9 Å². The zero-order valence-electron chi connectivity index (χ0n) is 16.2. The zero-order chi connectivity index (χ0) is 21.1. The van der Waals surface area contributed by atoms with Crippen LogP contribution in [0.25, 0.3) is 0 Å². The average molecular weight is 392 g/mol. The zero-order valence-corrected chi connectivity index (χ0v) is 16.2. The van der Waals surface area contributed by atoms with Gasteiger partial charge < -0.3 is 30.4 Å². The Hall–Kier alpha value is -3.56. The van der Waals surface area contributed by atoms with Crippen LogP contribution in [-0.2, 0) is 9.47 Å². The summed E-state index contributed by atoms with van der Waals surface area (Å²) in [6.45, 7) is 4.09. The molecule has 4 N–H and O–H groups in total. The monoisotopic (exact) mass is 392 g/mol. The number of methoxy groups -OCH3 is 2. The van der Waals surface area contributed by atoms with Crippen LogP contribution in [0.3, 0.4) is 0 Å². The number of rotatable bonds is 6. The van der Waals surface area contributed by atoms with Crippen molar-refractivity contribution in [2.45, 2.75) is 13.8 Å². The van der Waals surface area contributed by atoms with Gasteiger partial charge in [-0.25, -0.2) is 9.59 Å². The van der Waals surface area contributed by atoms with Gasteiger partial charge in [0.1, 0.15) is 22.8 Å². The fourth-order valence-corrected chi connectivity index (χ4v) is 1.95. The van der Waals surface area contributed by atoms with Crippen LogP contribution in [0, 0.1) is 0 Å². The minimum absolute atomic E-state index is 0.184. The largest absolute Gasteiger partial charge is 0.480 e. The molecule has 2 rings (SSSR count). The Morgan fingerprint density at radius 2 is 1.14 bits per heavy atom. The Kier molecular flexibility index (Phi) is 9.01. The summed E-state index contributed by atoms with van der Waals surface area (Å²) in [6, 6.07) is 6.10. The van der Waals surface area contributed by atoms with E-state index in [1.807, 2.05) is 0 Å². The second-order valence-corrected chi connectivity index (χ2v) is 5.03. The first kappa shape index (κ1) is 22.5. The van der Waals surface area contributed by atoms with E-state index in [0.717, 1.165) is 0 Å². The molecule has 10 nitrogen and oxygen atoms in total. The molecular formula is C18H24N4O6. The molecule has 10 heteroatoms. The van der Waals surface area contributed by atoms with E-state index < -0.39 is 11.9 Å². The topological polar surface area (TPSA) is 149 Å². The van der Waals surface area contributed by atoms with Crippen molar-refractivity contribution in [3.63, 3.8) is 0 Å². The molecule has 0 spiro atoms. The summed E-state index contributed by atoms with van der Waals surface area (Å²) in [6.07, 6.45) is 0. The summed E-state index contributed by atoms with van der Waals surface area (Å²) in [7, 11) is 2.84. The molecule has 2 aromatic rings. The van der Waals surface area contributed by atoms with Crippen molar-refractivity contribution >= 4 is 23.6 Å². The van der Waals surface area contributed by atoms with Crippen LogP contribution in [0.2, 0.25) is 0 Å². The number of ether oxygens (including phenoxy) is 4. The molecular weight excluding hydrogens is 368 g/mol. The molecule has 152 valence electrons. The lowest BCUT2D eigenvalue weighted by molar-refractivity contribution is 0.0512. The van der Waals surface area contributed by atoms with Crippen molar-refractivity contribution in [1.29, 1.82) is 0 Å². The maximum atomic E-state index is 11.4. The number of hydrogen-bond acceptors (Lipinski definition) is 10. The molecule has 0 unspecified atom stereocenters. The Labute approximate surface area is 162 Å². The van der Waals surface area contributed by atoms with Crippen LogP contribution in [0.15, 0.2) is 24.3 Å². The van der Waals surface area contributed by atoms with Crippen molar-refractivity contribution in [2.24, 2.45) is 0 Å². The predicted molar refractivity (Wildman–Crippen MR) is 102 cm³/mol. The van der Waals surface area contributed by atoms with Crippen LogP contribution in [0.4, 0.5) is 11.6 Å². The molecule has 2 aromatic heterocycles. The number of anilines is 2. The summed E-state index contributed by atoms with van der Waals surface area (Å²) in [4.78, 5) is 30.4. The van der Waals surface area contributed by atoms with E-state index in [0.29, 0.717) is 24.8 Å². The van der Waals surface area contributed by atoms with Crippen LogP contribution in [0.5, 0.6) is 11.8 Å². The van der Waals surface area contributed by atoms with Gasteiger partial charge >= 0.3 is 11.9 Å². The van der Waals surface area contributed by atoms with Gasteiger partial charge in [-0.15, -0.1) is 0 Å². The van der Waals surface area contributed by atoms with Gasteiger partial charge in [-0.1, -0.05) is 0 Å². The normalized spacial score (nSPS) is 9.57. The first-order valence-electron chi connectivity index (χ1n) is 8.33. The van der Waals surface area contributed by atoms with E-state index in [9.17, 15) is 9.59 Å². The maximum Gasteiger partial charge on any atom is 0.343 e. The van der Waals surface area contributed by atoms with Gasteiger partial charge in [0.2, 0.25) is 11.8 Å². The molecule has 0 radical (unpaired) electrons. The molecule has 28 heavy (non-hydrogen) atoms. The molecule has 2 heterocycles. The van der Waals surface area contributed by atoms with Gasteiger partial charge in [-0.05, 0) is 38.1 Å². The van der Waals surface area contributed by atoms with Crippen molar-refractivity contribution in [3.05, 3.63) is 35.4 Å². The summed E-state index contributed by atoms with van der Waals surface area (Å²) in [5.41, 5.74) is 11.4. The third-order valence-corrected chi connectivity index (χ3v) is 3.14. The fourth-order valence-electron chi connectivity index (χ4n) is 1.95. The minimum atomic E-state index is -0.461. The van der Waals surface area contributed by atoms with Crippen LogP contribution in [0.1, 0.15) is 34.6 Å². The summed E-state index contributed by atoms with van der Waals surface area (Å²) < 4.78 is 19.4. The molecule has 0 atom stereocenters. The van der Waals surface area contributed by atoms with E-state index in [1.54, 1.807) is 13.8 Å². The van der Waals surface area contributed by atoms with Gasteiger partial charge in [0, 0.05) is 0 Å². The van der Waals surface area contributed by atoms with Gasteiger partial charge in [0.25, 0.3) is 0 Å². The lowest BCUT2D eigenvalue weighted by Gasteiger charge is -2.06. The first-order valence-corrected chi connectivity index (χ1v) is 8.33. The first-order chi connectivity index (χ1) is 13.4. The molecule has 0 aliphatic carbocycles. The van der Waals surface area contributed by atoms with Crippen LogP contribution >= 0.6 is 0 Å². The molecule has 0 saturated heterocycles. The highest BCUT2D eigenvalue weighted by Gasteiger charge is 2.15. The third-order valence-electron chi connectivity index (χ3n) is 3.14. The highest BCUT2D eigenvalue weighted by molar-refractivity contribution is 5.92. The standard InChI is InChI=1S/2C9H12N2O3/c2*1-3-14-9(12)6-4-5-7(10)11-8(6)13-2/h2*4-5H,3H2,1-2H3,(H2,10,11). The number of nitrogens with zero attached hydrogens (tertiary/aromatic N) is 2. The summed E-state index contributed by atoms with van der Waals surface area (Å²) >= 11 is 0. The predicted octanol–water partition coefficient (Wildman–Crippen LogP) is 1.70. The lowest BCUT2D eigenvalue weighted by atomic mass is 10.2. The molecule has 0 aliphatic heterocycles. The van der Waals surface area contributed by atoms with Crippen molar-refractivity contribution in [2.75, 3.05) is 38.9 Å². The van der Waals surface area contributed by atoms with Gasteiger partial charge in [-0.3, -0.25) is 0 Å². The van der Waals surface area contributed by atoms with E-state index in [-0.39, 0.29) is 22.9 Å². The Bertz CT molecular complexity index is 745. The fraction of sp³-hybridized carbons (Fsp3) is 0.333. The maximum absolute atomic E-state index is 11.4. The van der Waals surface area contributed by atoms with Gasteiger partial charge in [0.15, 0.2) is 0 Å². The number of carbonyl (C=O) groups excluding carboxylic acids is 2. The number of hydrogen-bond donors (Lipinski definition) is 2. The minimum Gasteiger partial charge on any atom is -0.480 e. The summed E-state index contributed by atoms with van der Waals surface area (Å²) in [5.74, 6) is 0.0467. The highest BCUT2D eigenvalue weighted by Crippen LogP contribution is 2.18. The van der Waals surface area contributed by atoms with E-state index >= 15 is 0 Å². The Balaban J connectivity index is 0.000000280. The Morgan fingerprint density at radius 1 is 0.786 bits per heavy atom. The van der Waals surface area contributed by atoms with Crippen molar-refractivity contribution < 1.29 is 28.5 Å². The molecule has 0 aliphatic rings. The van der Waals surface area contributed by atoms with Gasteiger partial charge in [0.05, 0.1) is 27.4 Å². The molecule has 0 amide bonds. The number of aromatic nitrogens is 2. The summed E-state index contributed by atoms with van der Waals surface area (Å²) in [5, 5.41) is 0. The second kappa shape index (κ2) is 11.2. The Morgan fingerprint density at radius 3 is 1.43 bits per heavy atom. The van der Waals surface area contributed by atoms with E-state index in [1.165, 1.54) is 38.5 Å². The number of carbonyl (C=O) groups is 2. The molecule has 0 aromatic carbocycles. The molecule has 0 bridgehead atoms. The average Bonchev–Trinajstić information content (AvgIpc) is 2.68. The number of nitrogen functional groups attached to an aromatic ring is 2. The van der Waals surface area contributed by atoms with Crippen molar-refractivity contribution in [3.8, 4) is 11.8 Å². The van der Waals surface area contributed by atoms with Gasteiger partial charge in [-0.2, -0.15) is 9.97 Å². The second-order valence-electron chi connectivity index (χ2n) is 5.03. The molecule has 0 fully saturated rings. The van der Waals surface area contributed by atoms with Crippen LogP contribution in [-0.4, -0.2) is 49.3 Å². The van der Waals surface area contributed by atoms with Crippen molar-refractivity contribution in [1.82, 2.24) is 9.97 Å². The highest BCUT2D eigenvalue weighted by atomic mass is 16.5. The van der Waals surface area contributed by atoms with E-state index in [2.05, 4.69) is 9.97 Å². The lowest BCUT2D eigenvalue weighted by Crippen LogP contribution is -2.08. The number of nitrogens with two attached hydrogens (primary N) is 2. The SMILES string of the molecule is CCOC(=O)c1ccc(N)nc1OC.CCOC(=O)c1ccc(N)nc1OC. The number of esters is 2.